The molecule has 11 heteroatoms. The minimum atomic E-state index is -0.563. The molecule has 1 N–H and O–H groups in total. The van der Waals surface area contributed by atoms with Gasteiger partial charge in [0.25, 0.3) is 5.91 Å². The Morgan fingerprint density at radius 2 is 1.89 bits per heavy atom. The fraction of sp³-hybridized carbons (Fsp3) is 0.333. The number of fused-ring (bicyclic) bond motifs is 1. The van der Waals surface area contributed by atoms with E-state index < -0.39 is 5.54 Å². The molecule has 0 radical (unpaired) electrons. The number of likely N-dealkylation sites (tertiary alicyclic amines) is 1. The first-order valence-electron chi connectivity index (χ1n) is 12.6. The van der Waals surface area contributed by atoms with Gasteiger partial charge in [0.05, 0.1) is 29.9 Å². The van der Waals surface area contributed by atoms with Crippen LogP contribution in [0.4, 0.5) is 10.3 Å². The second-order valence-corrected chi connectivity index (χ2v) is 9.91. The summed E-state index contributed by atoms with van der Waals surface area (Å²) >= 11 is 0. The molecule has 2 fully saturated rings. The summed E-state index contributed by atoms with van der Waals surface area (Å²) in [5, 5.41) is 21.6. The number of carbonyl (C=O) groups excluding carboxylic acids is 2. The number of nitrogens with one attached hydrogen (secondary N) is 1. The fourth-order valence-electron chi connectivity index (χ4n) is 4.98. The van der Waals surface area contributed by atoms with Gasteiger partial charge in [-0.1, -0.05) is 6.07 Å². The van der Waals surface area contributed by atoms with Gasteiger partial charge in [-0.05, 0) is 62.1 Å². The first-order chi connectivity index (χ1) is 18.5. The van der Waals surface area contributed by atoms with Crippen molar-refractivity contribution in [3.8, 4) is 17.3 Å². The Hall–Kier alpha value is -4.59. The Kier molecular flexibility index (Phi) is 5.87. The number of aromatic nitrogens is 5. The van der Waals surface area contributed by atoms with Crippen molar-refractivity contribution in [3.05, 3.63) is 66.2 Å². The van der Waals surface area contributed by atoms with Crippen molar-refractivity contribution in [1.82, 2.24) is 29.3 Å². The standard InChI is InChI=1S/C27H25FN8O2/c28-21-8-6-19(7-9-21)25(38)34-14-11-27(10-13-29,12-15-34)35-17-20(16-30-35)22-2-1-3-23-31-26(33-36(22)23)32-24(37)18-4-5-18/h1-3,6-9,16-18H,4-5,10-12,14-15H2,(H,32,33,37). The van der Waals surface area contributed by atoms with Crippen LogP contribution in [-0.4, -0.2) is 54.2 Å². The van der Waals surface area contributed by atoms with Gasteiger partial charge in [0.15, 0.2) is 5.65 Å². The summed E-state index contributed by atoms with van der Waals surface area (Å²) in [5.74, 6) is -0.283. The number of anilines is 1. The fourth-order valence-corrected chi connectivity index (χ4v) is 4.98. The maximum Gasteiger partial charge on any atom is 0.253 e. The molecule has 38 heavy (non-hydrogen) atoms. The maximum absolute atomic E-state index is 13.3. The van der Waals surface area contributed by atoms with Crippen molar-refractivity contribution in [1.29, 1.82) is 5.26 Å². The van der Waals surface area contributed by atoms with Crippen LogP contribution in [0.15, 0.2) is 54.9 Å². The minimum Gasteiger partial charge on any atom is -0.338 e. The zero-order chi connectivity index (χ0) is 26.3. The summed E-state index contributed by atoms with van der Waals surface area (Å²) < 4.78 is 16.8. The molecule has 10 nitrogen and oxygen atoms in total. The number of amides is 2. The number of carbonyl (C=O) groups is 2. The van der Waals surface area contributed by atoms with E-state index in [4.69, 9.17) is 0 Å². The van der Waals surface area contributed by atoms with Gasteiger partial charge in [-0.3, -0.25) is 19.6 Å². The van der Waals surface area contributed by atoms with Crippen LogP contribution in [0.3, 0.4) is 0 Å². The molecule has 0 unspecified atom stereocenters. The van der Waals surface area contributed by atoms with Crippen LogP contribution in [0, 0.1) is 23.1 Å². The molecule has 0 atom stereocenters. The lowest BCUT2D eigenvalue weighted by atomic mass is 9.84. The largest absolute Gasteiger partial charge is 0.338 e. The molecule has 2 aliphatic rings. The zero-order valence-electron chi connectivity index (χ0n) is 20.5. The minimum absolute atomic E-state index is 0.0491. The molecule has 192 valence electrons. The van der Waals surface area contributed by atoms with Gasteiger partial charge in [0.2, 0.25) is 11.9 Å². The Labute approximate surface area is 217 Å². The third-order valence-electron chi connectivity index (χ3n) is 7.39. The van der Waals surface area contributed by atoms with Gasteiger partial charge >= 0.3 is 0 Å². The van der Waals surface area contributed by atoms with Crippen LogP contribution < -0.4 is 5.32 Å². The SMILES string of the molecule is N#CCC1(n2cc(-c3cccc4nc(NC(=O)C5CC5)nn34)cn2)CCN(C(=O)c2ccc(F)cc2)CC1. The molecular formula is C27H25FN8O2. The Morgan fingerprint density at radius 1 is 1.13 bits per heavy atom. The molecule has 4 aromatic rings. The Morgan fingerprint density at radius 3 is 2.61 bits per heavy atom. The number of pyridine rings is 1. The van der Waals surface area contributed by atoms with Gasteiger partial charge in [0.1, 0.15) is 5.82 Å². The van der Waals surface area contributed by atoms with Gasteiger partial charge in [-0.2, -0.15) is 15.3 Å². The molecular weight excluding hydrogens is 487 g/mol. The molecule has 2 amide bonds. The van der Waals surface area contributed by atoms with Gasteiger partial charge in [0, 0.05) is 36.3 Å². The van der Waals surface area contributed by atoms with Gasteiger partial charge < -0.3 is 4.90 Å². The molecule has 3 aromatic heterocycles. The molecule has 1 aliphatic heterocycles. The topological polar surface area (TPSA) is 121 Å². The van der Waals surface area contributed by atoms with Crippen LogP contribution in [0.25, 0.3) is 16.9 Å². The first kappa shape index (κ1) is 23.8. The van der Waals surface area contributed by atoms with Crippen molar-refractivity contribution >= 4 is 23.4 Å². The average Bonchev–Trinajstić information content (AvgIpc) is 3.52. The predicted molar refractivity (Wildman–Crippen MR) is 135 cm³/mol. The highest BCUT2D eigenvalue weighted by Gasteiger charge is 2.38. The third-order valence-corrected chi connectivity index (χ3v) is 7.39. The van der Waals surface area contributed by atoms with E-state index >= 15 is 0 Å². The van der Waals surface area contributed by atoms with Crippen LogP contribution in [-0.2, 0) is 10.3 Å². The highest BCUT2D eigenvalue weighted by atomic mass is 19.1. The molecule has 1 saturated heterocycles. The summed E-state index contributed by atoms with van der Waals surface area (Å²) in [6.07, 6.45) is 6.77. The van der Waals surface area contributed by atoms with Crippen molar-refractivity contribution in [3.63, 3.8) is 0 Å². The van der Waals surface area contributed by atoms with Crippen molar-refractivity contribution in [2.24, 2.45) is 5.92 Å². The van der Waals surface area contributed by atoms with Crippen LogP contribution >= 0.6 is 0 Å². The van der Waals surface area contributed by atoms with E-state index in [0.717, 1.165) is 24.1 Å². The lowest BCUT2D eigenvalue weighted by Crippen LogP contribution is -2.48. The lowest BCUT2D eigenvalue weighted by molar-refractivity contribution is -0.117. The summed E-state index contributed by atoms with van der Waals surface area (Å²) in [5.41, 5.74) is 2.02. The summed E-state index contributed by atoms with van der Waals surface area (Å²) in [6.45, 7) is 0.908. The lowest BCUT2D eigenvalue weighted by Gasteiger charge is -2.40. The van der Waals surface area contributed by atoms with E-state index in [9.17, 15) is 19.2 Å². The summed E-state index contributed by atoms with van der Waals surface area (Å²) in [7, 11) is 0. The normalized spacial score (nSPS) is 16.8. The van der Waals surface area contributed by atoms with E-state index in [-0.39, 0.29) is 35.9 Å². The number of rotatable bonds is 6. The van der Waals surface area contributed by atoms with E-state index in [1.54, 1.807) is 15.6 Å². The average molecular weight is 513 g/mol. The Balaban J connectivity index is 1.23. The number of hydrogen-bond donors (Lipinski definition) is 1. The highest BCUT2D eigenvalue weighted by Crippen LogP contribution is 2.35. The van der Waals surface area contributed by atoms with Crippen molar-refractivity contribution < 1.29 is 14.0 Å². The first-order valence-corrected chi connectivity index (χ1v) is 12.6. The van der Waals surface area contributed by atoms with Crippen molar-refractivity contribution in [2.45, 2.75) is 37.6 Å². The Bertz CT molecular complexity index is 1560. The van der Waals surface area contributed by atoms with E-state index in [1.807, 2.05) is 29.1 Å². The summed E-state index contributed by atoms with van der Waals surface area (Å²) in [4.78, 5) is 31.2. The third kappa shape index (κ3) is 4.38. The second kappa shape index (κ2) is 9.37. The molecule has 1 saturated carbocycles. The monoisotopic (exact) mass is 512 g/mol. The molecule has 0 spiro atoms. The van der Waals surface area contributed by atoms with Crippen LogP contribution in [0.2, 0.25) is 0 Å². The van der Waals surface area contributed by atoms with Gasteiger partial charge in [-0.25, -0.2) is 8.91 Å². The van der Waals surface area contributed by atoms with Gasteiger partial charge in [-0.15, -0.1) is 5.10 Å². The number of nitrogens with zero attached hydrogens (tertiary/aromatic N) is 7. The second-order valence-electron chi connectivity index (χ2n) is 9.91. The molecule has 1 aliphatic carbocycles. The zero-order valence-corrected chi connectivity index (χ0v) is 20.5. The number of halogens is 1. The molecule has 6 rings (SSSR count). The summed E-state index contributed by atoms with van der Waals surface area (Å²) in [6, 6.07) is 13.4. The molecule has 4 heterocycles. The van der Waals surface area contributed by atoms with Crippen LogP contribution in [0.1, 0.15) is 42.5 Å². The predicted octanol–water partition coefficient (Wildman–Crippen LogP) is 3.63. The smallest absolute Gasteiger partial charge is 0.253 e. The number of hydrogen-bond acceptors (Lipinski definition) is 6. The van der Waals surface area contributed by atoms with Crippen molar-refractivity contribution in [2.75, 3.05) is 18.4 Å². The highest BCUT2D eigenvalue weighted by molar-refractivity contribution is 5.94. The number of piperidine rings is 1. The number of benzene rings is 1. The maximum atomic E-state index is 13.3. The molecule has 0 bridgehead atoms. The van der Waals surface area contributed by atoms with Crippen LogP contribution in [0.5, 0.6) is 0 Å². The van der Waals surface area contributed by atoms with E-state index in [1.165, 1.54) is 24.3 Å². The molecule has 1 aromatic carbocycles. The number of nitriles is 1. The quantitative estimate of drug-likeness (QED) is 0.421. The van der Waals surface area contributed by atoms with E-state index in [0.29, 0.717) is 37.1 Å². The van der Waals surface area contributed by atoms with E-state index in [2.05, 4.69) is 26.6 Å².